The Morgan fingerprint density at radius 3 is 1.40 bits per heavy atom. The molecule has 0 spiro atoms. The highest BCUT2D eigenvalue weighted by atomic mass is 16.2. The Morgan fingerprint density at radius 2 is 0.980 bits per heavy atom. The van der Waals surface area contributed by atoms with Crippen LogP contribution in [0.3, 0.4) is 0 Å². The first kappa shape index (κ1) is 33.1. The number of allylic oxidation sites excluding steroid dienone is 3. The van der Waals surface area contributed by atoms with E-state index in [1.165, 1.54) is 28.5 Å². The molecule has 0 amide bonds. The second-order valence-electron chi connectivity index (χ2n) is 14.4. The standard InChI is InChI=1S/C43H43N5O2/c1-24(2)28-13-11-14-29(25(3)4)38(28)47-37(20-19-33-40(49)32-21-22-44-23-34(32)41(33)50)48(39-30(26(5)6)15-12-16-31(39)27(7)8)43-42(47)45-35-17-9-10-18-36(35)46-43/h9-27H,1-8H3/b33-19-. The highest BCUT2D eigenvalue weighted by molar-refractivity contribution is 6.39. The second-order valence-corrected chi connectivity index (χ2v) is 14.4. The van der Waals surface area contributed by atoms with E-state index in [9.17, 15) is 9.59 Å². The topological polar surface area (TPSA) is 79.3 Å². The molecule has 252 valence electrons. The van der Waals surface area contributed by atoms with E-state index >= 15 is 0 Å². The maximum atomic E-state index is 13.7. The van der Waals surface area contributed by atoms with Gasteiger partial charge in [0.1, 0.15) is 5.82 Å². The number of aromatic nitrogens is 3. The number of hydrogen-bond acceptors (Lipinski definition) is 7. The van der Waals surface area contributed by atoms with Gasteiger partial charge in [-0.2, -0.15) is 0 Å². The average Bonchev–Trinajstić information content (AvgIpc) is 3.54. The van der Waals surface area contributed by atoms with Gasteiger partial charge in [0.2, 0.25) is 0 Å². The normalized spacial score (nSPS) is 15.1. The van der Waals surface area contributed by atoms with E-state index in [-0.39, 0.29) is 40.8 Å². The summed E-state index contributed by atoms with van der Waals surface area (Å²) in [6.07, 6.45) is 6.64. The number of carbonyl (C=O) groups excluding carboxylic acids is 2. The molecule has 50 heavy (non-hydrogen) atoms. The van der Waals surface area contributed by atoms with Crippen LogP contribution in [0.2, 0.25) is 0 Å². The third-order valence-corrected chi connectivity index (χ3v) is 9.75. The van der Waals surface area contributed by atoms with Crippen molar-refractivity contribution in [1.29, 1.82) is 0 Å². The summed E-state index contributed by atoms with van der Waals surface area (Å²) in [5.41, 5.74) is 9.17. The van der Waals surface area contributed by atoms with Gasteiger partial charge in [-0.1, -0.05) is 104 Å². The zero-order chi connectivity index (χ0) is 35.4. The first-order valence-electron chi connectivity index (χ1n) is 17.6. The highest BCUT2D eigenvalue weighted by Gasteiger charge is 2.41. The molecule has 1 aliphatic heterocycles. The summed E-state index contributed by atoms with van der Waals surface area (Å²) in [6, 6.07) is 22.6. The summed E-state index contributed by atoms with van der Waals surface area (Å²) in [5.74, 6) is 2.33. The Morgan fingerprint density at radius 1 is 0.540 bits per heavy atom. The summed E-state index contributed by atoms with van der Waals surface area (Å²) >= 11 is 0. The molecule has 0 fully saturated rings. The molecule has 2 aliphatic rings. The lowest BCUT2D eigenvalue weighted by atomic mass is 9.91. The Balaban J connectivity index is 1.62. The molecule has 2 aromatic heterocycles. The Kier molecular flexibility index (Phi) is 8.46. The van der Waals surface area contributed by atoms with Gasteiger partial charge in [0.05, 0.1) is 33.5 Å². The summed E-state index contributed by atoms with van der Waals surface area (Å²) in [7, 11) is 0. The van der Waals surface area contributed by atoms with Gasteiger partial charge in [-0.05, 0) is 76.3 Å². The Bertz CT molecular complexity index is 2040. The summed E-state index contributed by atoms with van der Waals surface area (Å²) in [5, 5.41) is 0. The zero-order valence-electron chi connectivity index (χ0n) is 30.0. The van der Waals surface area contributed by atoms with E-state index in [0.717, 1.165) is 28.2 Å². The third-order valence-electron chi connectivity index (χ3n) is 9.75. The molecule has 1 aliphatic carbocycles. The molecule has 0 bridgehead atoms. The van der Waals surface area contributed by atoms with Gasteiger partial charge in [0, 0.05) is 18.0 Å². The van der Waals surface area contributed by atoms with Crippen LogP contribution in [0.15, 0.2) is 103 Å². The molecule has 0 N–H and O–H groups in total. The highest BCUT2D eigenvalue weighted by Crippen LogP contribution is 2.54. The fraction of sp³-hybridized carbons (Fsp3) is 0.279. The van der Waals surface area contributed by atoms with Gasteiger partial charge in [-0.25, -0.2) is 9.97 Å². The number of para-hydroxylation sites is 4. The quantitative estimate of drug-likeness (QED) is 0.127. The number of carbonyl (C=O) groups is 2. The van der Waals surface area contributed by atoms with Crippen LogP contribution in [0.5, 0.6) is 0 Å². The molecule has 5 aromatic rings. The van der Waals surface area contributed by atoms with Crippen molar-refractivity contribution in [3.63, 3.8) is 0 Å². The lowest BCUT2D eigenvalue weighted by Gasteiger charge is -2.32. The largest absolute Gasteiger partial charge is 0.288 e. The Hall–Kier alpha value is -5.43. The van der Waals surface area contributed by atoms with Crippen LogP contribution in [0.25, 0.3) is 11.0 Å². The van der Waals surface area contributed by atoms with E-state index in [2.05, 4.69) is 107 Å². The first-order chi connectivity index (χ1) is 24.0. The third kappa shape index (κ3) is 5.32. The first-order valence-corrected chi connectivity index (χ1v) is 17.6. The monoisotopic (exact) mass is 661 g/mol. The zero-order valence-corrected chi connectivity index (χ0v) is 30.0. The molecule has 0 atom stereocenters. The molecule has 0 saturated carbocycles. The number of rotatable bonds is 7. The van der Waals surface area contributed by atoms with E-state index in [1.807, 2.05) is 30.3 Å². The fourth-order valence-corrected chi connectivity index (χ4v) is 7.20. The van der Waals surface area contributed by atoms with E-state index in [1.54, 1.807) is 18.3 Å². The number of Topliss-reactive ketones (excluding diaryl/α,β-unsaturated/α-hetero) is 2. The molecule has 3 aromatic carbocycles. The number of anilines is 4. The molecule has 0 radical (unpaired) electrons. The lowest BCUT2D eigenvalue weighted by Crippen LogP contribution is -2.26. The van der Waals surface area contributed by atoms with E-state index in [4.69, 9.17) is 9.97 Å². The summed E-state index contributed by atoms with van der Waals surface area (Å²) in [6.45, 7) is 17.7. The minimum atomic E-state index is -0.318. The van der Waals surface area contributed by atoms with Gasteiger partial charge in [0.15, 0.2) is 23.2 Å². The minimum absolute atomic E-state index is 0.116. The van der Waals surface area contributed by atoms with Gasteiger partial charge in [0.25, 0.3) is 0 Å². The summed E-state index contributed by atoms with van der Waals surface area (Å²) in [4.78, 5) is 46.6. The lowest BCUT2D eigenvalue weighted by molar-refractivity contribution is 0.0988. The Labute approximate surface area is 294 Å². The predicted octanol–water partition coefficient (Wildman–Crippen LogP) is 10.7. The average molecular weight is 662 g/mol. The smallest absolute Gasteiger partial charge is 0.199 e. The second kappa shape index (κ2) is 12.8. The maximum absolute atomic E-state index is 13.7. The molecule has 7 nitrogen and oxygen atoms in total. The van der Waals surface area contributed by atoms with Crippen molar-refractivity contribution >= 4 is 45.6 Å². The minimum Gasteiger partial charge on any atom is -0.288 e. The van der Waals surface area contributed by atoms with Gasteiger partial charge < -0.3 is 0 Å². The van der Waals surface area contributed by atoms with Crippen LogP contribution in [0.1, 0.15) is 122 Å². The van der Waals surface area contributed by atoms with Crippen molar-refractivity contribution in [2.24, 2.45) is 0 Å². The number of hydrogen-bond donors (Lipinski definition) is 0. The van der Waals surface area contributed by atoms with Crippen LogP contribution < -0.4 is 9.80 Å². The van der Waals surface area contributed by atoms with Crippen molar-refractivity contribution in [2.45, 2.75) is 79.1 Å². The molecular formula is C43H43N5O2. The van der Waals surface area contributed by atoms with Crippen molar-refractivity contribution in [3.05, 3.63) is 136 Å². The fourth-order valence-electron chi connectivity index (χ4n) is 7.20. The van der Waals surface area contributed by atoms with Gasteiger partial charge in [-0.3, -0.25) is 24.4 Å². The van der Waals surface area contributed by atoms with Crippen LogP contribution in [-0.2, 0) is 0 Å². The molecule has 0 saturated heterocycles. The van der Waals surface area contributed by atoms with Crippen LogP contribution in [-0.4, -0.2) is 26.5 Å². The van der Waals surface area contributed by atoms with Crippen LogP contribution >= 0.6 is 0 Å². The van der Waals surface area contributed by atoms with Crippen molar-refractivity contribution in [2.75, 3.05) is 9.80 Å². The van der Waals surface area contributed by atoms with Gasteiger partial charge >= 0.3 is 0 Å². The van der Waals surface area contributed by atoms with Crippen LogP contribution in [0, 0.1) is 0 Å². The molecular weight excluding hydrogens is 619 g/mol. The van der Waals surface area contributed by atoms with Crippen LogP contribution in [0.4, 0.5) is 23.0 Å². The number of ketones is 2. The van der Waals surface area contributed by atoms with Crippen molar-refractivity contribution in [1.82, 2.24) is 15.0 Å². The maximum Gasteiger partial charge on any atom is 0.199 e. The number of nitrogens with zero attached hydrogens (tertiary/aromatic N) is 5. The number of benzene rings is 3. The van der Waals surface area contributed by atoms with E-state index in [0.29, 0.717) is 22.8 Å². The predicted molar refractivity (Wildman–Crippen MR) is 202 cm³/mol. The number of fused-ring (bicyclic) bond motifs is 3. The van der Waals surface area contributed by atoms with Crippen molar-refractivity contribution < 1.29 is 9.59 Å². The van der Waals surface area contributed by atoms with Gasteiger partial charge in [-0.15, -0.1) is 0 Å². The molecule has 7 rings (SSSR count). The number of pyridine rings is 1. The van der Waals surface area contributed by atoms with Crippen molar-refractivity contribution in [3.8, 4) is 0 Å². The molecule has 0 unspecified atom stereocenters. The van der Waals surface area contributed by atoms with E-state index < -0.39 is 0 Å². The molecule has 3 heterocycles. The molecule has 7 heteroatoms. The SMILES string of the molecule is CC(C)c1cccc(C(C)C)c1N1C(=C/C=C2/C(=O)c3ccncc3C2=O)N(c2c(C(C)C)cccc2C(C)C)c2nc3ccccc3nc21. The summed E-state index contributed by atoms with van der Waals surface area (Å²) < 4.78 is 0.